The molecule has 1 aromatic heterocycles. The largest absolute Gasteiger partial charge is 0.322 e. The smallest absolute Gasteiger partial charge is 0.320 e. The molecule has 2 amide bonds. The van der Waals surface area contributed by atoms with Crippen molar-refractivity contribution in [1.82, 2.24) is 20.1 Å². The van der Waals surface area contributed by atoms with Gasteiger partial charge in [-0.1, -0.05) is 6.07 Å². The molecule has 98 valence electrons. The van der Waals surface area contributed by atoms with Crippen LogP contribution >= 0.6 is 0 Å². The molecule has 1 N–H and O–H groups in total. The molecule has 0 bridgehead atoms. The number of pyridine rings is 1. The Morgan fingerprint density at radius 2 is 2.39 bits per heavy atom. The fourth-order valence-corrected chi connectivity index (χ4v) is 2.30. The predicted molar refractivity (Wildman–Crippen MR) is 70.3 cm³/mol. The third kappa shape index (κ3) is 2.61. The number of carbonyl (C=O) groups is 1. The maximum Gasteiger partial charge on any atom is 0.320 e. The summed E-state index contributed by atoms with van der Waals surface area (Å²) >= 11 is 0. The van der Waals surface area contributed by atoms with Gasteiger partial charge in [-0.15, -0.1) is 0 Å². The van der Waals surface area contributed by atoms with Crippen LogP contribution < -0.4 is 5.32 Å². The number of hydrogen-bond acceptors (Lipinski definition) is 3. The summed E-state index contributed by atoms with van der Waals surface area (Å²) in [6.07, 6.45) is 4.58. The summed E-state index contributed by atoms with van der Waals surface area (Å²) in [6.45, 7) is 2.50. The Hall–Kier alpha value is -1.62. The van der Waals surface area contributed by atoms with Gasteiger partial charge in [-0.25, -0.2) is 4.79 Å². The molecule has 1 aliphatic rings. The van der Waals surface area contributed by atoms with Crippen molar-refractivity contribution in [2.75, 3.05) is 33.7 Å². The van der Waals surface area contributed by atoms with Gasteiger partial charge in [-0.3, -0.25) is 4.98 Å². The molecule has 1 saturated heterocycles. The van der Waals surface area contributed by atoms with Crippen molar-refractivity contribution in [3.63, 3.8) is 0 Å². The van der Waals surface area contributed by atoms with E-state index in [4.69, 9.17) is 0 Å². The Morgan fingerprint density at radius 3 is 3.06 bits per heavy atom. The van der Waals surface area contributed by atoms with E-state index in [0.29, 0.717) is 0 Å². The summed E-state index contributed by atoms with van der Waals surface area (Å²) in [5.74, 6) is 0. The Labute approximate surface area is 108 Å². The Kier molecular flexibility index (Phi) is 4.15. The lowest BCUT2D eigenvalue weighted by Crippen LogP contribution is -2.31. The van der Waals surface area contributed by atoms with Crippen LogP contribution in [0.15, 0.2) is 24.5 Å². The van der Waals surface area contributed by atoms with Gasteiger partial charge in [0.25, 0.3) is 0 Å². The van der Waals surface area contributed by atoms with Crippen molar-refractivity contribution in [1.29, 1.82) is 0 Å². The molecule has 1 aromatic rings. The number of aromatic nitrogens is 1. The maximum absolute atomic E-state index is 12.1. The molecule has 2 rings (SSSR count). The van der Waals surface area contributed by atoms with Gasteiger partial charge in [0.05, 0.1) is 6.04 Å². The van der Waals surface area contributed by atoms with Gasteiger partial charge in [0, 0.05) is 32.5 Å². The molecular formula is C13H20N4O. The summed E-state index contributed by atoms with van der Waals surface area (Å²) < 4.78 is 0. The van der Waals surface area contributed by atoms with Crippen LogP contribution in [0, 0.1) is 0 Å². The van der Waals surface area contributed by atoms with E-state index in [-0.39, 0.29) is 12.1 Å². The van der Waals surface area contributed by atoms with E-state index in [0.717, 1.165) is 31.6 Å². The monoisotopic (exact) mass is 248 g/mol. The van der Waals surface area contributed by atoms with Crippen LogP contribution in [0.2, 0.25) is 0 Å². The van der Waals surface area contributed by atoms with E-state index in [1.165, 1.54) is 0 Å². The van der Waals surface area contributed by atoms with Crippen molar-refractivity contribution >= 4 is 6.03 Å². The highest BCUT2D eigenvalue weighted by molar-refractivity contribution is 5.77. The summed E-state index contributed by atoms with van der Waals surface area (Å²) in [7, 11) is 3.79. The normalized spacial score (nSPS) is 19.7. The fourth-order valence-electron chi connectivity index (χ4n) is 2.30. The number of nitrogens with one attached hydrogen (secondary N) is 1. The van der Waals surface area contributed by atoms with Crippen molar-refractivity contribution in [2.24, 2.45) is 0 Å². The Bertz CT molecular complexity index is 395. The quantitative estimate of drug-likeness (QED) is 0.794. The third-order valence-corrected chi connectivity index (χ3v) is 3.36. The molecule has 5 nitrogen and oxygen atoms in total. The van der Waals surface area contributed by atoms with Gasteiger partial charge in [0.15, 0.2) is 0 Å². The minimum atomic E-state index is 0.111. The SMILES string of the molecule is CNCCCN1CC(c2cccnc2)N(C)C1=O. The molecule has 1 aliphatic heterocycles. The molecule has 0 spiro atoms. The average Bonchev–Trinajstić information content (AvgIpc) is 2.68. The topological polar surface area (TPSA) is 48.5 Å². The minimum Gasteiger partial charge on any atom is -0.322 e. The lowest BCUT2D eigenvalue weighted by molar-refractivity contribution is 0.195. The van der Waals surface area contributed by atoms with E-state index in [2.05, 4.69) is 10.3 Å². The second-order valence-corrected chi connectivity index (χ2v) is 4.60. The highest BCUT2D eigenvalue weighted by atomic mass is 16.2. The first-order valence-electron chi connectivity index (χ1n) is 6.30. The minimum absolute atomic E-state index is 0.111. The molecular weight excluding hydrogens is 228 g/mol. The van der Waals surface area contributed by atoms with Crippen molar-refractivity contribution in [3.8, 4) is 0 Å². The Morgan fingerprint density at radius 1 is 1.56 bits per heavy atom. The van der Waals surface area contributed by atoms with Crippen LogP contribution in [-0.4, -0.2) is 54.5 Å². The lowest BCUT2D eigenvalue weighted by Gasteiger charge is -2.17. The molecule has 0 aliphatic carbocycles. The molecule has 0 aromatic carbocycles. The van der Waals surface area contributed by atoms with Crippen molar-refractivity contribution in [2.45, 2.75) is 12.5 Å². The second-order valence-electron chi connectivity index (χ2n) is 4.60. The van der Waals surface area contributed by atoms with Gasteiger partial charge >= 0.3 is 6.03 Å². The molecule has 18 heavy (non-hydrogen) atoms. The number of amides is 2. The van der Waals surface area contributed by atoms with E-state index in [9.17, 15) is 4.79 Å². The van der Waals surface area contributed by atoms with Gasteiger partial charge in [0.2, 0.25) is 0 Å². The van der Waals surface area contributed by atoms with Crippen molar-refractivity contribution in [3.05, 3.63) is 30.1 Å². The zero-order valence-corrected chi connectivity index (χ0v) is 11.0. The van der Waals surface area contributed by atoms with E-state index in [1.807, 2.05) is 37.3 Å². The van der Waals surface area contributed by atoms with Crippen LogP contribution in [-0.2, 0) is 0 Å². The van der Waals surface area contributed by atoms with Crippen LogP contribution in [0.1, 0.15) is 18.0 Å². The van der Waals surface area contributed by atoms with E-state index >= 15 is 0 Å². The molecule has 1 atom stereocenters. The van der Waals surface area contributed by atoms with E-state index < -0.39 is 0 Å². The fraction of sp³-hybridized carbons (Fsp3) is 0.538. The molecule has 5 heteroatoms. The lowest BCUT2D eigenvalue weighted by atomic mass is 10.1. The number of hydrogen-bond donors (Lipinski definition) is 1. The van der Waals surface area contributed by atoms with Crippen molar-refractivity contribution < 1.29 is 4.79 Å². The summed E-state index contributed by atoms with van der Waals surface area (Å²) in [5, 5.41) is 3.10. The highest BCUT2D eigenvalue weighted by Gasteiger charge is 2.34. The first kappa shape index (κ1) is 12.8. The van der Waals surface area contributed by atoms with Gasteiger partial charge in [-0.2, -0.15) is 0 Å². The zero-order valence-electron chi connectivity index (χ0n) is 11.0. The standard InChI is InChI=1S/C13H20N4O/c1-14-6-4-8-17-10-12(16(2)13(17)18)11-5-3-7-15-9-11/h3,5,7,9,12,14H,4,6,8,10H2,1-2H3. The van der Waals surface area contributed by atoms with Gasteiger partial charge < -0.3 is 15.1 Å². The molecule has 0 saturated carbocycles. The highest BCUT2D eigenvalue weighted by Crippen LogP contribution is 2.27. The maximum atomic E-state index is 12.1. The van der Waals surface area contributed by atoms with E-state index in [1.54, 1.807) is 11.1 Å². The number of nitrogens with zero attached hydrogens (tertiary/aromatic N) is 3. The van der Waals surface area contributed by atoms with Crippen LogP contribution in [0.4, 0.5) is 4.79 Å². The summed E-state index contributed by atoms with van der Waals surface area (Å²) in [6, 6.07) is 4.18. The number of rotatable bonds is 5. The third-order valence-electron chi connectivity index (χ3n) is 3.36. The summed E-state index contributed by atoms with van der Waals surface area (Å²) in [5.41, 5.74) is 1.10. The predicted octanol–water partition coefficient (Wildman–Crippen LogP) is 1.10. The van der Waals surface area contributed by atoms with Crippen LogP contribution in [0.3, 0.4) is 0 Å². The Balaban J connectivity index is 2.01. The summed E-state index contributed by atoms with van der Waals surface area (Å²) in [4.78, 5) is 19.9. The molecule has 1 unspecified atom stereocenters. The second kappa shape index (κ2) is 5.82. The molecule has 0 radical (unpaired) electrons. The first-order valence-corrected chi connectivity index (χ1v) is 6.30. The molecule has 1 fully saturated rings. The average molecular weight is 248 g/mol. The number of carbonyl (C=O) groups excluding carboxylic acids is 1. The van der Waals surface area contributed by atoms with Crippen LogP contribution in [0.5, 0.6) is 0 Å². The number of likely N-dealkylation sites (N-methyl/N-ethyl adjacent to an activating group) is 1. The molecule has 2 heterocycles. The van der Waals surface area contributed by atoms with Gasteiger partial charge in [0.1, 0.15) is 0 Å². The first-order chi connectivity index (χ1) is 8.74. The zero-order chi connectivity index (χ0) is 13.0. The van der Waals surface area contributed by atoms with Crippen LogP contribution in [0.25, 0.3) is 0 Å². The number of urea groups is 1. The van der Waals surface area contributed by atoms with Gasteiger partial charge in [-0.05, 0) is 31.6 Å².